The third-order valence-electron chi connectivity index (χ3n) is 4.73. The number of hydrogen-bond donors (Lipinski definition) is 0. The first kappa shape index (κ1) is 24.0. The van der Waals surface area contributed by atoms with Crippen molar-refractivity contribution in [3.63, 3.8) is 0 Å². The van der Waals surface area contributed by atoms with Crippen LogP contribution in [0.5, 0.6) is 0 Å². The van der Waals surface area contributed by atoms with Gasteiger partial charge in [0, 0.05) is 0 Å². The average molecular weight is 441 g/mol. The van der Waals surface area contributed by atoms with Crippen LogP contribution >= 0.6 is 0 Å². The van der Waals surface area contributed by atoms with E-state index in [1.165, 1.54) is 57.4 Å². The van der Waals surface area contributed by atoms with Crippen molar-refractivity contribution in [2.45, 2.75) is 92.1 Å². The molecule has 0 saturated carbocycles. The molecule has 0 aromatic heterocycles. The third kappa shape index (κ3) is 11.5. The van der Waals surface area contributed by atoms with E-state index in [1.54, 1.807) is 0 Å². The summed E-state index contributed by atoms with van der Waals surface area (Å²) in [5, 5.41) is 0. The molecule has 0 aliphatic heterocycles. The Bertz CT molecular complexity index is 337. The van der Waals surface area contributed by atoms with Crippen molar-refractivity contribution in [1.29, 1.82) is 0 Å². The Morgan fingerprint density at radius 2 is 1.50 bits per heavy atom. The molecule has 0 aliphatic rings. The molecule has 1 atom stereocenters. The van der Waals surface area contributed by atoms with Crippen molar-refractivity contribution >= 4 is 18.4 Å². The van der Waals surface area contributed by atoms with Crippen molar-refractivity contribution in [2.24, 2.45) is 0 Å². The van der Waals surface area contributed by atoms with Crippen LogP contribution in [0.3, 0.4) is 0 Å². The fourth-order valence-electron chi connectivity index (χ4n) is 3.24. The Balaban J connectivity index is 5.20. The van der Waals surface area contributed by atoms with Gasteiger partial charge in [0.1, 0.15) is 0 Å². The summed E-state index contributed by atoms with van der Waals surface area (Å²) in [4.78, 5) is 0. The van der Waals surface area contributed by atoms with Gasteiger partial charge in [-0.15, -0.1) is 0 Å². The van der Waals surface area contributed by atoms with Crippen LogP contribution in [0.15, 0.2) is 35.0 Å². The van der Waals surface area contributed by atoms with E-state index in [4.69, 9.17) is 4.74 Å². The molecule has 0 rings (SSSR count). The predicted molar refractivity (Wildman–Crippen MR) is 113 cm³/mol. The SMILES string of the molecule is C=CCOC(/C=[CH]/[Sn]([CH2]CCC)([CH2]CCC)[CH2]CCC)CC(=C)C. The van der Waals surface area contributed by atoms with Gasteiger partial charge in [0.25, 0.3) is 0 Å². The maximum absolute atomic E-state index is 5.98. The summed E-state index contributed by atoms with van der Waals surface area (Å²) in [5.41, 5.74) is 1.20. The van der Waals surface area contributed by atoms with E-state index in [2.05, 4.69) is 51.0 Å². The molecule has 0 radical (unpaired) electrons. The number of ether oxygens (including phenoxy) is 1. The van der Waals surface area contributed by atoms with E-state index >= 15 is 0 Å². The first-order valence-corrected chi connectivity index (χ1v) is 17.8. The molecular formula is C22H42OSn. The Hall–Kier alpha value is -0.0213. The molecular weight excluding hydrogens is 399 g/mol. The van der Waals surface area contributed by atoms with Gasteiger partial charge in [-0.1, -0.05) is 0 Å². The van der Waals surface area contributed by atoms with Gasteiger partial charge >= 0.3 is 157 Å². The van der Waals surface area contributed by atoms with Crippen LogP contribution in [0.4, 0.5) is 0 Å². The molecule has 0 amide bonds. The van der Waals surface area contributed by atoms with Crippen LogP contribution in [0.25, 0.3) is 0 Å². The van der Waals surface area contributed by atoms with E-state index in [9.17, 15) is 0 Å². The Morgan fingerprint density at radius 3 is 1.88 bits per heavy atom. The summed E-state index contributed by atoms with van der Waals surface area (Å²) >= 11 is -2.19. The monoisotopic (exact) mass is 442 g/mol. The molecule has 140 valence electrons. The molecule has 1 unspecified atom stereocenters. The van der Waals surface area contributed by atoms with Crippen LogP contribution in [0.2, 0.25) is 13.3 Å². The second-order valence-electron chi connectivity index (χ2n) is 7.35. The molecule has 1 nitrogen and oxygen atoms in total. The Labute approximate surface area is 156 Å². The molecule has 0 spiro atoms. The van der Waals surface area contributed by atoms with Gasteiger partial charge in [-0.2, -0.15) is 0 Å². The maximum atomic E-state index is 5.98. The average Bonchev–Trinajstić information content (AvgIpc) is 2.57. The van der Waals surface area contributed by atoms with Crippen molar-refractivity contribution < 1.29 is 4.74 Å². The summed E-state index contributed by atoms with van der Waals surface area (Å²) in [6.07, 6.45) is 13.6. The zero-order valence-corrected chi connectivity index (χ0v) is 19.8. The quantitative estimate of drug-likeness (QED) is 0.178. The van der Waals surface area contributed by atoms with E-state index in [1.807, 2.05) is 6.08 Å². The second kappa shape index (κ2) is 15.3. The van der Waals surface area contributed by atoms with E-state index < -0.39 is 18.4 Å². The van der Waals surface area contributed by atoms with Crippen LogP contribution in [0.1, 0.15) is 72.6 Å². The zero-order valence-electron chi connectivity index (χ0n) is 16.9. The van der Waals surface area contributed by atoms with Crippen LogP contribution in [0, 0.1) is 0 Å². The van der Waals surface area contributed by atoms with Gasteiger partial charge < -0.3 is 0 Å². The normalized spacial score (nSPS) is 13.3. The molecule has 0 aliphatic carbocycles. The first-order chi connectivity index (χ1) is 11.5. The van der Waals surface area contributed by atoms with Gasteiger partial charge in [-0.3, -0.25) is 0 Å². The van der Waals surface area contributed by atoms with Gasteiger partial charge in [0.05, 0.1) is 0 Å². The van der Waals surface area contributed by atoms with Crippen molar-refractivity contribution in [3.05, 3.63) is 35.0 Å². The van der Waals surface area contributed by atoms with Gasteiger partial charge in [-0.25, -0.2) is 0 Å². The molecule has 0 bridgehead atoms. The molecule has 0 N–H and O–H groups in total. The van der Waals surface area contributed by atoms with Crippen LogP contribution in [-0.4, -0.2) is 31.1 Å². The summed E-state index contributed by atoms with van der Waals surface area (Å²) in [7, 11) is 0. The molecule has 24 heavy (non-hydrogen) atoms. The standard InChI is InChI=1S/C10H15O.3C4H9.Sn/c1-5-7-11-10(6-2)8-9(3)4;3*1-3-4-2;/h2,5-6,10H,1,3,7-8H2,4H3;3*1,3-4H2,2H3;. The van der Waals surface area contributed by atoms with Crippen molar-refractivity contribution in [1.82, 2.24) is 0 Å². The summed E-state index contributed by atoms with van der Waals surface area (Å²) < 4.78 is 13.2. The Morgan fingerprint density at radius 1 is 1.00 bits per heavy atom. The van der Waals surface area contributed by atoms with Gasteiger partial charge in [-0.05, 0) is 0 Å². The first-order valence-electron chi connectivity index (χ1n) is 10.1. The topological polar surface area (TPSA) is 9.23 Å². The minimum atomic E-state index is -2.19. The van der Waals surface area contributed by atoms with E-state index in [0.717, 1.165) is 6.42 Å². The zero-order chi connectivity index (χ0) is 18.3. The van der Waals surface area contributed by atoms with E-state index in [0.29, 0.717) is 6.61 Å². The summed E-state index contributed by atoms with van der Waals surface area (Å²) in [6, 6.07) is 0. The fourth-order valence-corrected chi connectivity index (χ4v) is 17.6. The van der Waals surface area contributed by atoms with Gasteiger partial charge in [0.15, 0.2) is 0 Å². The third-order valence-corrected chi connectivity index (χ3v) is 18.8. The summed E-state index contributed by atoms with van der Waals surface area (Å²) in [5.74, 6) is 0. The number of rotatable bonds is 16. The summed E-state index contributed by atoms with van der Waals surface area (Å²) in [6.45, 7) is 17.6. The molecule has 0 fully saturated rings. The van der Waals surface area contributed by atoms with Crippen molar-refractivity contribution in [3.8, 4) is 0 Å². The molecule has 2 heteroatoms. The second-order valence-corrected chi connectivity index (χ2v) is 20.4. The van der Waals surface area contributed by atoms with Gasteiger partial charge in [0.2, 0.25) is 0 Å². The van der Waals surface area contributed by atoms with Crippen molar-refractivity contribution in [2.75, 3.05) is 6.61 Å². The Kier molecular flexibility index (Phi) is 15.2. The molecule has 0 saturated heterocycles. The molecule has 0 heterocycles. The van der Waals surface area contributed by atoms with E-state index in [-0.39, 0.29) is 6.10 Å². The molecule has 0 aromatic carbocycles. The predicted octanol–water partition coefficient (Wildman–Crippen LogP) is 7.47. The van der Waals surface area contributed by atoms with Crippen LogP contribution < -0.4 is 0 Å². The van der Waals surface area contributed by atoms with Crippen LogP contribution in [-0.2, 0) is 4.74 Å². The minimum absolute atomic E-state index is 0.182. The molecule has 0 aromatic rings. The fraction of sp³-hybridized carbons (Fsp3) is 0.727. The number of unbranched alkanes of at least 4 members (excludes halogenated alkanes) is 3. The number of hydrogen-bond acceptors (Lipinski definition) is 1.